The second-order valence-corrected chi connectivity index (χ2v) is 12.6. The molecule has 4 fully saturated rings. The van der Waals surface area contributed by atoms with Crippen LogP contribution in [0.1, 0.15) is 104 Å². The van der Waals surface area contributed by atoms with E-state index in [0.29, 0.717) is 23.4 Å². The number of nitrogens with one attached hydrogen (secondary N) is 1. The molecule has 0 radical (unpaired) electrons. The van der Waals surface area contributed by atoms with Gasteiger partial charge < -0.3 is 5.32 Å². The highest BCUT2D eigenvalue weighted by molar-refractivity contribution is 6.12. The number of amides is 2. The first-order chi connectivity index (χ1) is 15.9. The van der Waals surface area contributed by atoms with E-state index < -0.39 is 0 Å². The number of rotatable bonds is 8. The third kappa shape index (κ3) is 4.23. The molecule has 1 N–H and O–H groups in total. The van der Waals surface area contributed by atoms with Crippen molar-refractivity contribution in [2.75, 3.05) is 13.1 Å². The van der Waals surface area contributed by atoms with Gasteiger partial charge in [0.05, 0.1) is 0 Å². The minimum atomic E-state index is -0.147. The summed E-state index contributed by atoms with van der Waals surface area (Å²) < 4.78 is 0. The summed E-state index contributed by atoms with van der Waals surface area (Å²) in [5, 5.41) is 4.00. The molecule has 1 aliphatic heterocycles. The van der Waals surface area contributed by atoms with Gasteiger partial charge >= 0.3 is 0 Å². The lowest BCUT2D eigenvalue weighted by atomic mass is 9.45. The molecule has 0 aromatic heterocycles. The van der Waals surface area contributed by atoms with Crippen LogP contribution in [0, 0.1) is 34.5 Å². The van der Waals surface area contributed by atoms with E-state index in [9.17, 15) is 9.59 Å². The number of nitrogens with zero attached hydrogens (tertiary/aromatic N) is 1. The van der Waals surface area contributed by atoms with E-state index in [1.165, 1.54) is 94.1 Å². The summed E-state index contributed by atoms with van der Waals surface area (Å²) in [4.78, 5) is 24.6. The van der Waals surface area contributed by atoms with Gasteiger partial charge in [0.15, 0.2) is 0 Å². The number of hydrogen-bond acceptors (Lipinski definition) is 3. The molecule has 4 aliphatic carbocycles. The molecule has 5 aliphatic rings. The maximum Gasteiger partial charge on any atom is 0.253 e. The van der Waals surface area contributed by atoms with Crippen molar-refractivity contribution in [1.29, 1.82) is 0 Å². The van der Waals surface area contributed by atoms with Crippen molar-refractivity contribution >= 4 is 11.8 Å². The molecular weight excluding hydrogens is 408 g/mol. The molecule has 0 saturated heterocycles. The molecule has 0 spiro atoms. The Hall–Kier alpha value is -1.16. The number of fused-ring (bicyclic) bond motifs is 5. The quantitative estimate of drug-likeness (QED) is 0.369. The van der Waals surface area contributed by atoms with E-state index in [1.807, 2.05) is 0 Å². The predicted molar refractivity (Wildman–Crippen MR) is 132 cm³/mol. The average molecular weight is 455 g/mol. The van der Waals surface area contributed by atoms with E-state index in [0.717, 1.165) is 43.1 Å². The van der Waals surface area contributed by atoms with Crippen LogP contribution in [0.3, 0.4) is 0 Å². The first kappa shape index (κ1) is 23.6. The molecule has 7 atom stereocenters. The third-order valence-electron chi connectivity index (χ3n) is 11.2. The molecule has 33 heavy (non-hydrogen) atoms. The van der Waals surface area contributed by atoms with Crippen LogP contribution in [-0.2, 0) is 9.59 Å². The highest BCUT2D eigenvalue weighted by atomic mass is 16.2. The lowest BCUT2D eigenvalue weighted by Crippen LogP contribution is -2.55. The Morgan fingerprint density at radius 2 is 1.58 bits per heavy atom. The van der Waals surface area contributed by atoms with E-state index in [1.54, 1.807) is 0 Å². The Morgan fingerprint density at radius 1 is 0.818 bits per heavy atom. The highest BCUT2D eigenvalue weighted by Gasteiger charge is 2.59. The molecular formula is C29H46N2O2. The Morgan fingerprint density at radius 3 is 2.39 bits per heavy atom. The summed E-state index contributed by atoms with van der Waals surface area (Å²) in [6.45, 7) is 7.01. The zero-order valence-electron chi connectivity index (χ0n) is 21.1. The zero-order valence-corrected chi connectivity index (χ0v) is 21.1. The van der Waals surface area contributed by atoms with Crippen molar-refractivity contribution in [1.82, 2.24) is 10.2 Å². The molecule has 5 rings (SSSR count). The second-order valence-electron chi connectivity index (χ2n) is 12.6. The van der Waals surface area contributed by atoms with Gasteiger partial charge in [-0.2, -0.15) is 0 Å². The molecule has 0 aromatic carbocycles. The maximum atomic E-state index is 11.6. The Bertz CT molecular complexity index is 760. The van der Waals surface area contributed by atoms with Crippen LogP contribution in [0.4, 0.5) is 0 Å². The minimum Gasteiger partial charge on any atom is -0.313 e. The summed E-state index contributed by atoms with van der Waals surface area (Å²) >= 11 is 0. The Balaban J connectivity index is 1.07. The van der Waals surface area contributed by atoms with Crippen LogP contribution in [0.2, 0.25) is 0 Å². The maximum absolute atomic E-state index is 11.6. The fourth-order valence-electron chi connectivity index (χ4n) is 9.31. The van der Waals surface area contributed by atoms with E-state index in [4.69, 9.17) is 0 Å². The SMILES string of the molecule is C[C@]12CCCC[C@@H]1CC[C@@H]1[C@@H]2CC[C@]2(C)[C@@H](NCCCCCCN3C(=O)C=CC3=O)CC[C@@H]12. The van der Waals surface area contributed by atoms with Crippen LogP contribution in [-0.4, -0.2) is 35.8 Å². The van der Waals surface area contributed by atoms with Gasteiger partial charge in [-0.15, -0.1) is 0 Å². The van der Waals surface area contributed by atoms with E-state index >= 15 is 0 Å². The molecule has 0 aromatic rings. The van der Waals surface area contributed by atoms with Gasteiger partial charge in [-0.1, -0.05) is 39.5 Å². The number of hydrogen-bond donors (Lipinski definition) is 1. The summed E-state index contributed by atoms with van der Waals surface area (Å²) in [5.74, 6) is 3.65. The van der Waals surface area contributed by atoms with Crippen molar-refractivity contribution < 1.29 is 9.59 Å². The van der Waals surface area contributed by atoms with Gasteiger partial charge in [-0.3, -0.25) is 14.5 Å². The number of carbonyl (C=O) groups excluding carboxylic acids is 2. The van der Waals surface area contributed by atoms with Gasteiger partial charge in [0.25, 0.3) is 11.8 Å². The molecule has 4 heteroatoms. The van der Waals surface area contributed by atoms with Gasteiger partial charge in [-0.05, 0) is 105 Å². The fraction of sp³-hybridized carbons (Fsp3) is 0.862. The smallest absolute Gasteiger partial charge is 0.253 e. The molecule has 4 saturated carbocycles. The van der Waals surface area contributed by atoms with E-state index in [-0.39, 0.29) is 11.8 Å². The molecule has 0 unspecified atom stereocenters. The topological polar surface area (TPSA) is 49.4 Å². The Kier molecular flexibility index (Phi) is 6.77. The van der Waals surface area contributed by atoms with Crippen LogP contribution < -0.4 is 5.32 Å². The standard InChI is InChI=1S/C29H46N2O2/c1-28-17-6-5-9-21(28)10-11-22-23-12-13-25(29(23,2)18-16-24(22)28)30-19-7-3-4-8-20-31-26(32)14-15-27(31)33/h14-15,21-25,30H,3-13,16-20H2,1-2H3/t21-,22+,23+,24+,25+,28+,29+/m1/s1. The fourth-order valence-corrected chi connectivity index (χ4v) is 9.31. The molecule has 0 bridgehead atoms. The monoisotopic (exact) mass is 454 g/mol. The zero-order chi connectivity index (χ0) is 23.1. The number of unbranched alkanes of at least 4 members (excludes halogenated alkanes) is 3. The number of carbonyl (C=O) groups is 2. The van der Waals surface area contributed by atoms with Gasteiger partial charge in [0.2, 0.25) is 0 Å². The molecule has 1 heterocycles. The van der Waals surface area contributed by atoms with Crippen molar-refractivity contribution in [3.8, 4) is 0 Å². The van der Waals surface area contributed by atoms with Crippen LogP contribution in [0.5, 0.6) is 0 Å². The highest BCUT2D eigenvalue weighted by Crippen LogP contribution is 2.66. The third-order valence-corrected chi connectivity index (χ3v) is 11.2. The average Bonchev–Trinajstić information content (AvgIpc) is 3.31. The minimum absolute atomic E-state index is 0.147. The van der Waals surface area contributed by atoms with Crippen molar-refractivity contribution in [2.45, 2.75) is 110 Å². The normalized spacial score (nSPS) is 42.4. The molecule has 184 valence electrons. The first-order valence-electron chi connectivity index (χ1n) is 14.2. The number of imide groups is 1. The van der Waals surface area contributed by atoms with Crippen LogP contribution >= 0.6 is 0 Å². The molecule has 2 amide bonds. The van der Waals surface area contributed by atoms with E-state index in [2.05, 4.69) is 19.2 Å². The van der Waals surface area contributed by atoms with Gasteiger partial charge in [0, 0.05) is 24.7 Å². The lowest BCUT2D eigenvalue weighted by molar-refractivity contribution is -0.136. The largest absolute Gasteiger partial charge is 0.313 e. The van der Waals surface area contributed by atoms with Crippen molar-refractivity contribution in [3.63, 3.8) is 0 Å². The van der Waals surface area contributed by atoms with Crippen LogP contribution in [0.15, 0.2) is 12.2 Å². The first-order valence-corrected chi connectivity index (χ1v) is 14.2. The summed E-state index contributed by atoms with van der Waals surface area (Å²) in [6, 6.07) is 0.700. The van der Waals surface area contributed by atoms with Crippen molar-refractivity contribution in [3.05, 3.63) is 12.2 Å². The van der Waals surface area contributed by atoms with Crippen LogP contribution in [0.25, 0.3) is 0 Å². The molecule has 4 nitrogen and oxygen atoms in total. The summed E-state index contributed by atoms with van der Waals surface area (Å²) in [7, 11) is 0. The van der Waals surface area contributed by atoms with Gasteiger partial charge in [0.1, 0.15) is 0 Å². The lowest BCUT2D eigenvalue weighted by Gasteiger charge is -2.60. The summed E-state index contributed by atoms with van der Waals surface area (Å²) in [6.07, 6.45) is 21.9. The second kappa shape index (κ2) is 9.47. The van der Waals surface area contributed by atoms with Gasteiger partial charge in [-0.25, -0.2) is 0 Å². The Labute approximate surface area is 201 Å². The van der Waals surface area contributed by atoms with Crippen molar-refractivity contribution in [2.24, 2.45) is 34.5 Å². The summed E-state index contributed by atoms with van der Waals surface area (Å²) in [5.41, 5.74) is 1.15. The predicted octanol–water partition coefficient (Wildman–Crippen LogP) is 5.86.